The summed E-state index contributed by atoms with van der Waals surface area (Å²) in [6.07, 6.45) is -4.44. The first kappa shape index (κ1) is 17.1. The smallest absolute Gasteiger partial charge is 0.379 e. The molecule has 1 fully saturated rings. The van der Waals surface area contributed by atoms with E-state index >= 15 is 0 Å². The number of nitrogens with zero attached hydrogens (tertiary/aromatic N) is 3. The van der Waals surface area contributed by atoms with Gasteiger partial charge in [0.25, 0.3) is 0 Å². The number of rotatable bonds is 5. The monoisotopic (exact) mass is 318 g/mol. The Kier molecular flexibility index (Phi) is 5.71. The summed E-state index contributed by atoms with van der Waals surface area (Å²) in [4.78, 5) is 9.91. The summed E-state index contributed by atoms with van der Waals surface area (Å²) < 4.78 is 43.5. The minimum absolute atomic E-state index is 0.136. The van der Waals surface area contributed by atoms with E-state index in [9.17, 15) is 13.2 Å². The van der Waals surface area contributed by atoms with Crippen LogP contribution in [0.15, 0.2) is 6.07 Å². The molecule has 2 rings (SSSR count). The molecule has 1 atom stereocenters. The average Bonchev–Trinajstić information content (AvgIpc) is 2.45. The second-order valence-electron chi connectivity index (χ2n) is 5.50. The molecular weight excluding hydrogens is 297 g/mol. The Balaban J connectivity index is 1.89. The maximum Gasteiger partial charge on any atom is 0.433 e. The van der Waals surface area contributed by atoms with E-state index in [0.29, 0.717) is 5.69 Å². The van der Waals surface area contributed by atoms with E-state index in [2.05, 4.69) is 20.2 Å². The van der Waals surface area contributed by atoms with E-state index in [4.69, 9.17) is 4.74 Å². The van der Waals surface area contributed by atoms with Gasteiger partial charge in [-0.3, -0.25) is 4.90 Å². The third-order valence-electron chi connectivity index (χ3n) is 3.44. The number of alkyl halides is 3. The molecule has 0 bridgehead atoms. The number of morpholine rings is 1. The largest absolute Gasteiger partial charge is 0.433 e. The zero-order chi connectivity index (χ0) is 16.2. The lowest BCUT2D eigenvalue weighted by atomic mass is 10.2. The Morgan fingerprint density at radius 3 is 2.64 bits per heavy atom. The van der Waals surface area contributed by atoms with Gasteiger partial charge in [-0.1, -0.05) is 0 Å². The first-order valence-electron chi connectivity index (χ1n) is 7.30. The maximum atomic E-state index is 12.7. The maximum absolute atomic E-state index is 12.7. The number of aryl methyl sites for hydroxylation is 1. The molecule has 1 aliphatic rings. The highest BCUT2D eigenvalue weighted by Crippen LogP contribution is 2.27. The van der Waals surface area contributed by atoms with E-state index in [0.717, 1.165) is 38.9 Å². The molecule has 1 saturated heterocycles. The molecule has 124 valence electrons. The van der Waals surface area contributed by atoms with Crippen molar-refractivity contribution in [3.8, 4) is 0 Å². The fourth-order valence-electron chi connectivity index (χ4n) is 2.36. The Morgan fingerprint density at radius 2 is 2.00 bits per heavy atom. The fourth-order valence-corrected chi connectivity index (χ4v) is 2.36. The molecule has 1 aliphatic heterocycles. The van der Waals surface area contributed by atoms with Crippen LogP contribution in [0.1, 0.15) is 24.1 Å². The summed E-state index contributed by atoms with van der Waals surface area (Å²) in [5, 5.41) is 3.18. The zero-order valence-electron chi connectivity index (χ0n) is 12.8. The predicted molar refractivity (Wildman–Crippen MR) is 75.3 cm³/mol. The molecule has 0 aliphatic carbocycles. The van der Waals surface area contributed by atoms with Crippen LogP contribution in [-0.2, 0) is 17.5 Å². The Labute approximate surface area is 127 Å². The van der Waals surface area contributed by atoms with Gasteiger partial charge in [-0.2, -0.15) is 13.2 Å². The van der Waals surface area contributed by atoms with Crippen molar-refractivity contribution in [1.82, 2.24) is 20.2 Å². The lowest BCUT2D eigenvalue weighted by Gasteiger charge is -2.29. The van der Waals surface area contributed by atoms with Crippen LogP contribution in [0, 0.1) is 6.92 Å². The first-order valence-corrected chi connectivity index (χ1v) is 7.30. The van der Waals surface area contributed by atoms with Gasteiger partial charge in [0.2, 0.25) is 0 Å². The van der Waals surface area contributed by atoms with Crippen LogP contribution in [0.3, 0.4) is 0 Å². The van der Waals surface area contributed by atoms with E-state index < -0.39 is 11.9 Å². The van der Waals surface area contributed by atoms with Crippen LogP contribution in [0.2, 0.25) is 0 Å². The summed E-state index contributed by atoms with van der Waals surface area (Å²) in [7, 11) is 0. The van der Waals surface area contributed by atoms with Crippen molar-refractivity contribution in [3.63, 3.8) is 0 Å². The highest BCUT2D eigenvalue weighted by Gasteiger charge is 2.33. The number of ether oxygens (including phenoxy) is 1. The standard InChI is InChI=1S/C14H21F3N4O/c1-10-7-12(14(15,16)17)20-13(19-10)8-18-11(2)9-21-3-5-22-6-4-21/h7,11,18H,3-6,8-9H2,1-2H3. The molecule has 22 heavy (non-hydrogen) atoms. The Bertz CT molecular complexity index is 489. The lowest BCUT2D eigenvalue weighted by Crippen LogP contribution is -2.44. The van der Waals surface area contributed by atoms with Crippen LogP contribution in [0.25, 0.3) is 0 Å². The van der Waals surface area contributed by atoms with E-state index in [-0.39, 0.29) is 18.4 Å². The molecule has 0 aromatic carbocycles. The van der Waals surface area contributed by atoms with Gasteiger partial charge >= 0.3 is 6.18 Å². The second-order valence-corrected chi connectivity index (χ2v) is 5.50. The van der Waals surface area contributed by atoms with E-state index in [1.807, 2.05) is 6.92 Å². The van der Waals surface area contributed by atoms with Crippen LogP contribution in [-0.4, -0.2) is 53.8 Å². The molecule has 2 heterocycles. The molecule has 1 aromatic rings. The van der Waals surface area contributed by atoms with Crippen LogP contribution in [0.5, 0.6) is 0 Å². The summed E-state index contributed by atoms with van der Waals surface area (Å²) in [5.74, 6) is 0.168. The van der Waals surface area contributed by atoms with Gasteiger partial charge in [-0.15, -0.1) is 0 Å². The SMILES string of the molecule is Cc1cc(C(F)(F)F)nc(CNC(C)CN2CCOCC2)n1. The van der Waals surface area contributed by atoms with Gasteiger partial charge in [0.15, 0.2) is 0 Å². The van der Waals surface area contributed by atoms with E-state index in [1.165, 1.54) is 6.92 Å². The van der Waals surface area contributed by atoms with Gasteiger partial charge in [-0.05, 0) is 19.9 Å². The summed E-state index contributed by atoms with van der Waals surface area (Å²) in [5.41, 5.74) is -0.572. The summed E-state index contributed by atoms with van der Waals surface area (Å²) in [6, 6.07) is 1.09. The predicted octanol–water partition coefficient (Wildman–Crippen LogP) is 1.61. The molecule has 0 amide bonds. The first-order chi connectivity index (χ1) is 10.3. The molecule has 1 unspecified atom stereocenters. The minimum Gasteiger partial charge on any atom is -0.379 e. The number of hydrogen-bond donors (Lipinski definition) is 1. The molecule has 1 N–H and O–H groups in total. The van der Waals surface area contributed by atoms with Gasteiger partial charge in [0, 0.05) is 31.4 Å². The van der Waals surface area contributed by atoms with Crippen molar-refractivity contribution < 1.29 is 17.9 Å². The van der Waals surface area contributed by atoms with Crippen LogP contribution in [0.4, 0.5) is 13.2 Å². The minimum atomic E-state index is -4.44. The van der Waals surface area contributed by atoms with Crippen molar-refractivity contribution in [2.45, 2.75) is 32.6 Å². The number of aromatic nitrogens is 2. The van der Waals surface area contributed by atoms with Crippen LogP contribution < -0.4 is 5.32 Å². The molecule has 8 heteroatoms. The van der Waals surface area contributed by atoms with Gasteiger partial charge in [0.1, 0.15) is 11.5 Å². The summed E-state index contributed by atoms with van der Waals surface area (Å²) >= 11 is 0. The highest BCUT2D eigenvalue weighted by atomic mass is 19.4. The average molecular weight is 318 g/mol. The Hall–Kier alpha value is -1.25. The quantitative estimate of drug-likeness (QED) is 0.894. The van der Waals surface area contributed by atoms with Crippen molar-refractivity contribution >= 4 is 0 Å². The molecular formula is C14H21F3N4O. The zero-order valence-corrected chi connectivity index (χ0v) is 12.8. The molecule has 0 radical (unpaired) electrons. The topological polar surface area (TPSA) is 50.3 Å². The van der Waals surface area contributed by atoms with Gasteiger partial charge in [-0.25, -0.2) is 9.97 Å². The molecule has 0 saturated carbocycles. The summed E-state index contributed by atoms with van der Waals surface area (Å²) in [6.45, 7) is 7.78. The van der Waals surface area contributed by atoms with Gasteiger partial charge in [0.05, 0.1) is 19.8 Å². The van der Waals surface area contributed by atoms with Crippen molar-refractivity contribution in [2.75, 3.05) is 32.8 Å². The lowest BCUT2D eigenvalue weighted by molar-refractivity contribution is -0.141. The van der Waals surface area contributed by atoms with Crippen molar-refractivity contribution in [3.05, 3.63) is 23.3 Å². The third kappa shape index (κ3) is 5.19. The van der Waals surface area contributed by atoms with Gasteiger partial charge < -0.3 is 10.1 Å². The third-order valence-corrected chi connectivity index (χ3v) is 3.44. The molecule has 0 spiro atoms. The number of nitrogens with one attached hydrogen (secondary N) is 1. The number of hydrogen-bond acceptors (Lipinski definition) is 5. The van der Waals surface area contributed by atoms with E-state index in [1.54, 1.807) is 0 Å². The molecule has 1 aromatic heterocycles. The fraction of sp³-hybridized carbons (Fsp3) is 0.714. The second kappa shape index (κ2) is 7.34. The highest BCUT2D eigenvalue weighted by molar-refractivity contribution is 5.12. The van der Waals surface area contributed by atoms with Crippen LogP contribution >= 0.6 is 0 Å². The van der Waals surface area contributed by atoms with Crippen molar-refractivity contribution in [2.24, 2.45) is 0 Å². The van der Waals surface area contributed by atoms with Crippen molar-refractivity contribution in [1.29, 1.82) is 0 Å². The normalized spacial score (nSPS) is 18.4. The number of halogens is 3. The Morgan fingerprint density at radius 1 is 1.32 bits per heavy atom. The molecule has 5 nitrogen and oxygen atoms in total.